The number of nitrogens with one attached hydrogen (secondary N) is 2. The molecule has 1 aliphatic carbocycles. The predicted octanol–water partition coefficient (Wildman–Crippen LogP) is 2.51. The lowest BCUT2D eigenvalue weighted by molar-refractivity contribution is 0.0967. The molecule has 7 nitrogen and oxygen atoms in total. The van der Waals surface area contributed by atoms with Crippen molar-refractivity contribution in [3.8, 4) is 0 Å². The Hall–Kier alpha value is -2.87. The second kappa shape index (κ2) is 5.59. The minimum atomic E-state index is -3.81. The van der Waals surface area contributed by atoms with Gasteiger partial charge < -0.3 is 4.42 Å². The summed E-state index contributed by atoms with van der Waals surface area (Å²) >= 11 is 0. The molecule has 8 heteroatoms. The van der Waals surface area contributed by atoms with Crippen molar-refractivity contribution in [1.82, 2.24) is 4.98 Å². The number of carbonyl (C=O) groups is 1. The maximum Gasteiger partial charge on any atom is 0.417 e. The monoisotopic (exact) mass is 358 g/mol. The smallest absolute Gasteiger partial charge is 0.408 e. The average Bonchev–Trinajstić information content (AvgIpc) is 3.35. The summed E-state index contributed by atoms with van der Waals surface area (Å²) in [6, 6.07) is 10.4. The van der Waals surface area contributed by atoms with Crippen LogP contribution in [-0.4, -0.2) is 19.2 Å². The number of anilines is 1. The molecule has 1 saturated carbocycles. The Morgan fingerprint density at radius 2 is 1.84 bits per heavy atom. The van der Waals surface area contributed by atoms with E-state index in [-0.39, 0.29) is 16.6 Å². The first-order valence-electron chi connectivity index (χ1n) is 7.72. The highest BCUT2D eigenvalue weighted by Crippen LogP contribution is 2.32. The number of carbonyl (C=O) groups excluding carboxylic acids is 1. The fourth-order valence-corrected chi connectivity index (χ4v) is 3.66. The number of hydrogen-bond acceptors (Lipinski definition) is 5. The van der Waals surface area contributed by atoms with Gasteiger partial charge in [-0.05, 0) is 43.2 Å². The van der Waals surface area contributed by atoms with Gasteiger partial charge in [-0.15, -0.1) is 0 Å². The van der Waals surface area contributed by atoms with Crippen molar-refractivity contribution in [2.45, 2.75) is 17.7 Å². The molecule has 1 heterocycles. The van der Waals surface area contributed by atoms with Gasteiger partial charge in [-0.25, -0.2) is 13.2 Å². The number of hydrogen-bond donors (Lipinski definition) is 2. The number of sulfonamides is 1. The molecule has 1 aromatic heterocycles. The maximum absolute atomic E-state index is 12.5. The molecule has 128 valence electrons. The highest BCUT2D eigenvalue weighted by atomic mass is 32.2. The van der Waals surface area contributed by atoms with Crippen LogP contribution in [0, 0.1) is 5.92 Å². The molecule has 25 heavy (non-hydrogen) atoms. The quantitative estimate of drug-likeness (QED) is 0.681. The third-order valence-electron chi connectivity index (χ3n) is 4.07. The van der Waals surface area contributed by atoms with Crippen molar-refractivity contribution in [3.05, 3.63) is 58.6 Å². The molecule has 0 aliphatic heterocycles. The SMILES string of the molecule is O=C(c1ccc(S(=O)(=O)Nc2ccc3oc(=O)[nH]c3c2)cc1)C1CC1. The van der Waals surface area contributed by atoms with Gasteiger partial charge in [0.2, 0.25) is 0 Å². The molecule has 0 spiro atoms. The van der Waals surface area contributed by atoms with E-state index in [1.54, 1.807) is 0 Å². The normalized spacial score (nSPS) is 14.6. The van der Waals surface area contributed by atoms with Gasteiger partial charge in [0.05, 0.1) is 16.1 Å². The van der Waals surface area contributed by atoms with E-state index in [4.69, 9.17) is 4.42 Å². The van der Waals surface area contributed by atoms with Crippen molar-refractivity contribution >= 4 is 32.6 Å². The van der Waals surface area contributed by atoms with Crippen molar-refractivity contribution in [3.63, 3.8) is 0 Å². The summed E-state index contributed by atoms with van der Waals surface area (Å²) in [6.45, 7) is 0. The molecule has 2 N–H and O–H groups in total. The number of rotatable bonds is 5. The second-order valence-corrected chi connectivity index (χ2v) is 7.68. The summed E-state index contributed by atoms with van der Waals surface area (Å²) in [5, 5.41) is 0. The first-order valence-corrected chi connectivity index (χ1v) is 9.21. The number of fused-ring (bicyclic) bond motifs is 1. The number of H-pyrrole nitrogens is 1. The van der Waals surface area contributed by atoms with E-state index in [0.717, 1.165) is 12.8 Å². The van der Waals surface area contributed by atoms with E-state index in [2.05, 4.69) is 9.71 Å². The molecular weight excluding hydrogens is 344 g/mol. The number of ketones is 1. The molecule has 2 aromatic carbocycles. The Morgan fingerprint density at radius 3 is 2.52 bits per heavy atom. The number of benzene rings is 2. The van der Waals surface area contributed by atoms with Crippen LogP contribution in [0.25, 0.3) is 11.1 Å². The van der Waals surface area contributed by atoms with Gasteiger partial charge in [0.1, 0.15) is 0 Å². The standard InChI is InChI=1S/C17H14N2O5S/c20-16(10-1-2-10)11-3-6-13(7-4-11)25(22,23)19-12-5-8-15-14(9-12)18-17(21)24-15/h3-10,19H,1-2H2,(H,18,21). The first kappa shape index (κ1) is 15.6. The van der Waals surface area contributed by atoms with Gasteiger partial charge in [-0.2, -0.15) is 0 Å². The fraction of sp³-hybridized carbons (Fsp3) is 0.176. The highest BCUT2D eigenvalue weighted by molar-refractivity contribution is 7.92. The van der Waals surface area contributed by atoms with E-state index in [1.807, 2.05) is 0 Å². The van der Waals surface area contributed by atoms with Crippen LogP contribution in [0.4, 0.5) is 5.69 Å². The van der Waals surface area contributed by atoms with Crippen molar-refractivity contribution in [2.75, 3.05) is 4.72 Å². The molecule has 0 unspecified atom stereocenters. The number of oxazole rings is 1. The minimum absolute atomic E-state index is 0.0561. The van der Waals surface area contributed by atoms with Gasteiger partial charge in [0.25, 0.3) is 10.0 Å². The van der Waals surface area contributed by atoms with Gasteiger partial charge in [0, 0.05) is 11.5 Å². The van der Waals surface area contributed by atoms with Crippen LogP contribution in [0.1, 0.15) is 23.2 Å². The maximum atomic E-state index is 12.5. The van der Waals surface area contributed by atoms with E-state index in [0.29, 0.717) is 22.4 Å². The summed E-state index contributed by atoms with van der Waals surface area (Å²) in [7, 11) is -3.81. The van der Waals surface area contributed by atoms with E-state index in [1.165, 1.54) is 42.5 Å². The minimum Gasteiger partial charge on any atom is -0.408 e. The molecule has 3 aromatic rings. The van der Waals surface area contributed by atoms with Crippen molar-refractivity contribution < 1.29 is 17.6 Å². The van der Waals surface area contributed by atoms with Crippen LogP contribution in [0.5, 0.6) is 0 Å². The Bertz CT molecular complexity index is 1120. The highest BCUT2D eigenvalue weighted by Gasteiger charge is 2.30. The molecule has 1 aliphatic rings. The van der Waals surface area contributed by atoms with Crippen LogP contribution < -0.4 is 10.5 Å². The lowest BCUT2D eigenvalue weighted by Gasteiger charge is -2.08. The number of aromatic nitrogens is 1. The average molecular weight is 358 g/mol. The van der Waals surface area contributed by atoms with Gasteiger partial charge in [-0.3, -0.25) is 14.5 Å². The molecule has 0 radical (unpaired) electrons. The molecular formula is C17H14N2O5S. The molecule has 0 bridgehead atoms. The lowest BCUT2D eigenvalue weighted by atomic mass is 10.1. The molecule has 1 fully saturated rings. The van der Waals surface area contributed by atoms with E-state index in [9.17, 15) is 18.0 Å². The third kappa shape index (κ3) is 3.08. The second-order valence-electron chi connectivity index (χ2n) is 5.99. The van der Waals surface area contributed by atoms with Crippen LogP contribution in [0.3, 0.4) is 0 Å². The van der Waals surface area contributed by atoms with Gasteiger partial charge >= 0.3 is 5.76 Å². The topological polar surface area (TPSA) is 109 Å². The van der Waals surface area contributed by atoms with Crippen molar-refractivity contribution in [1.29, 1.82) is 0 Å². The zero-order chi connectivity index (χ0) is 17.6. The Morgan fingerprint density at radius 1 is 1.12 bits per heavy atom. The largest absolute Gasteiger partial charge is 0.417 e. The van der Waals surface area contributed by atoms with E-state index < -0.39 is 15.8 Å². The van der Waals surface area contributed by atoms with Crippen LogP contribution in [0.2, 0.25) is 0 Å². The Balaban J connectivity index is 1.59. The summed E-state index contributed by atoms with van der Waals surface area (Å²) in [5.41, 5.74) is 1.56. The molecule has 0 atom stereocenters. The Kier molecular flexibility index (Phi) is 3.50. The third-order valence-corrected chi connectivity index (χ3v) is 5.47. The molecule has 0 saturated heterocycles. The number of aromatic amines is 1. The van der Waals surface area contributed by atoms with Gasteiger partial charge in [0.15, 0.2) is 11.4 Å². The summed E-state index contributed by atoms with van der Waals surface area (Å²) in [5.74, 6) is -0.457. The zero-order valence-electron chi connectivity index (χ0n) is 13.0. The van der Waals surface area contributed by atoms with Crippen LogP contribution in [0.15, 0.2) is 56.6 Å². The fourth-order valence-electron chi connectivity index (χ4n) is 2.61. The first-order chi connectivity index (χ1) is 11.9. The van der Waals surface area contributed by atoms with Crippen molar-refractivity contribution in [2.24, 2.45) is 5.92 Å². The number of Topliss-reactive ketones (excluding diaryl/α,β-unsaturated/α-hetero) is 1. The van der Waals surface area contributed by atoms with Gasteiger partial charge in [-0.1, -0.05) is 12.1 Å². The predicted molar refractivity (Wildman–Crippen MR) is 91.1 cm³/mol. The molecule has 0 amide bonds. The van der Waals surface area contributed by atoms with E-state index >= 15 is 0 Å². The lowest BCUT2D eigenvalue weighted by Crippen LogP contribution is -2.13. The summed E-state index contributed by atoms with van der Waals surface area (Å²) < 4.78 is 32.3. The van der Waals surface area contributed by atoms with Crippen LogP contribution in [-0.2, 0) is 10.0 Å². The van der Waals surface area contributed by atoms with Crippen LogP contribution >= 0.6 is 0 Å². The molecule has 4 rings (SSSR count). The zero-order valence-corrected chi connectivity index (χ0v) is 13.8. The Labute approximate surface area is 142 Å². The summed E-state index contributed by atoms with van der Waals surface area (Å²) in [4.78, 5) is 25.7. The summed E-state index contributed by atoms with van der Waals surface area (Å²) in [6.07, 6.45) is 1.80.